The third-order valence-electron chi connectivity index (χ3n) is 2.15. The van der Waals surface area contributed by atoms with Crippen molar-refractivity contribution in [2.45, 2.75) is 19.9 Å². The molecule has 3 N–H and O–H groups in total. The molecule has 1 aromatic rings. The van der Waals surface area contributed by atoms with Crippen LogP contribution < -0.4 is 10.6 Å². The molecule has 1 atom stereocenters. The van der Waals surface area contributed by atoms with Crippen molar-refractivity contribution in [2.75, 3.05) is 0 Å². The van der Waals surface area contributed by atoms with Gasteiger partial charge in [0.1, 0.15) is 0 Å². The Morgan fingerprint density at radius 1 is 1.32 bits per heavy atom. The fourth-order valence-electron chi connectivity index (χ4n) is 1.29. The van der Waals surface area contributed by atoms with Crippen molar-refractivity contribution in [3.05, 3.63) is 34.0 Å². The number of hydrogen-bond acceptors (Lipinski definition) is 4. The zero-order valence-corrected chi connectivity index (χ0v) is 11.3. The maximum absolute atomic E-state index is 11.5. The van der Waals surface area contributed by atoms with Crippen molar-refractivity contribution in [1.82, 2.24) is 10.6 Å². The highest BCUT2D eigenvalue weighted by Gasteiger charge is 2.12. The average Bonchev–Trinajstić information content (AvgIpc) is 2.73. The van der Waals surface area contributed by atoms with Gasteiger partial charge >= 0.3 is 12.0 Å². The summed E-state index contributed by atoms with van der Waals surface area (Å²) in [6.07, 6.45) is 1.44. The van der Waals surface area contributed by atoms with Crippen LogP contribution in [0.25, 0.3) is 0 Å². The zero-order valence-electron chi connectivity index (χ0n) is 10.5. The Bertz CT molecular complexity index is 522. The number of carboxylic acids is 1. The minimum Gasteiger partial charge on any atom is -0.478 e. The van der Waals surface area contributed by atoms with Gasteiger partial charge in [-0.05, 0) is 26.0 Å². The maximum atomic E-state index is 11.5. The van der Waals surface area contributed by atoms with Crippen LogP contribution in [0.2, 0.25) is 0 Å². The lowest BCUT2D eigenvalue weighted by Crippen LogP contribution is -2.39. The Morgan fingerprint density at radius 3 is 2.53 bits per heavy atom. The Morgan fingerprint density at radius 2 is 2.00 bits per heavy atom. The number of aryl methyl sites for hydroxylation is 1. The molecule has 0 spiro atoms. The SMILES string of the molecule is Cc1ccc(C(C)NC(=O)NC(=O)C=CC(=O)O)s1. The van der Waals surface area contributed by atoms with Gasteiger partial charge in [-0.2, -0.15) is 0 Å². The van der Waals surface area contributed by atoms with Crippen molar-refractivity contribution < 1.29 is 19.5 Å². The summed E-state index contributed by atoms with van der Waals surface area (Å²) >= 11 is 1.55. The van der Waals surface area contributed by atoms with Crippen molar-refractivity contribution >= 4 is 29.2 Å². The highest BCUT2D eigenvalue weighted by Crippen LogP contribution is 2.21. The van der Waals surface area contributed by atoms with Crippen molar-refractivity contribution in [3.63, 3.8) is 0 Å². The number of carbonyl (C=O) groups excluding carboxylic acids is 2. The summed E-state index contributed by atoms with van der Waals surface area (Å²) in [5, 5.41) is 12.9. The molecule has 7 heteroatoms. The molecule has 1 unspecified atom stereocenters. The molecule has 1 aromatic heterocycles. The van der Waals surface area contributed by atoms with E-state index < -0.39 is 17.9 Å². The summed E-state index contributed by atoms with van der Waals surface area (Å²) in [6, 6.07) is 2.95. The second kappa shape index (κ2) is 6.69. The van der Waals surface area contributed by atoms with E-state index in [9.17, 15) is 14.4 Å². The molecule has 19 heavy (non-hydrogen) atoms. The Kier molecular flexibility index (Phi) is 5.25. The third-order valence-corrected chi connectivity index (χ3v) is 3.33. The molecule has 0 saturated heterocycles. The van der Waals surface area contributed by atoms with E-state index in [-0.39, 0.29) is 6.04 Å². The number of carboxylic acid groups (broad SMARTS) is 1. The van der Waals surface area contributed by atoms with Gasteiger partial charge in [0.2, 0.25) is 0 Å². The average molecular weight is 282 g/mol. The van der Waals surface area contributed by atoms with Gasteiger partial charge in [-0.25, -0.2) is 9.59 Å². The fraction of sp³-hybridized carbons (Fsp3) is 0.250. The summed E-state index contributed by atoms with van der Waals surface area (Å²) in [7, 11) is 0. The van der Waals surface area contributed by atoms with Crippen LogP contribution >= 0.6 is 11.3 Å². The standard InChI is InChI=1S/C12H14N2O4S/c1-7-3-4-9(19-7)8(2)13-12(18)14-10(15)5-6-11(16)17/h3-6,8H,1-2H3,(H,16,17)(H2,13,14,15,18). The minimum atomic E-state index is -1.25. The lowest BCUT2D eigenvalue weighted by Gasteiger charge is -2.11. The summed E-state index contributed by atoms with van der Waals surface area (Å²) in [4.78, 5) is 34.9. The van der Waals surface area contributed by atoms with Crippen LogP contribution in [0.3, 0.4) is 0 Å². The van der Waals surface area contributed by atoms with Gasteiger partial charge in [0, 0.05) is 21.9 Å². The Hall–Kier alpha value is -2.15. The van der Waals surface area contributed by atoms with Crippen LogP contribution in [0.1, 0.15) is 22.7 Å². The molecule has 0 fully saturated rings. The Balaban J connectivity index is 2.47. The molecule has 0 saturated carbocycles. The molecule has 1 heterocycles. The van der Waals surface area contributed by atoms with Crippen LogP contribution in [-0.4, -0.2) is 23.0 Å². The fourth-order valence-corrected chi connectivity index (χ4v) is 2.17. The number of imide groups is 1. The highest BCUT2D eigenvalue weighted by atomic mass is 32.1. The van der Waals surface area contributed by atoms with E-state index in [0.717, 1.165) is 15.8 Å². The van der Waals surface area contributed by atoms with Gasteiger partial charge in [0.25, 0.3) is 5.91 Å². The van der Waals surface area contributed by atoms with E-state index in [1.165, 1.54) is 0 Å². The van der Waals surface area contributed by atoms with Crippen molar-refractivity contribution in [1.29, 1.82) is 0 Å². The van der Waals surface area contributed by atoms with E-state index in [1.807, 2.05) is 24.4 Å². The van der Waals surface area contributed by atoms with Crippen LogP contribution in [0, 0.1) is 6.92 Å². The Labute approximate surface area is 114 Å². The van der Waals surface area contributed by atoms with Crippen LogP contribution in [0.4, 0.5) is 4.79 Å². The van der Waals surface area contributed by atoms with E-state index in [4.69, 9.17) is 5.11 Å². The van der Waals surface area contributed by atoms with E-state index in [2.05, 4.69) is 5.32 Å². The molecule has 0 aromatic carbocycles. The van der Waals surface area contributed by atoms with Crippen molar-refractivity contribution in [3.8, 4) is 0 Å². The van der Waals surface area contributed by atoms with Gasteiger partial charge in [0.05, 0.1) is 6.04 Å². The first kappa shape index (κ1) is 14.9. The van der Waals surface area contributed by atoms with Gasteiger partial charge in [0.15, 0.2) is 0 Å². The molecule has 1 rings (SSSR count). The lowest BCUT2D eigenvalue weighted by molar-refractivity contribution is -0.131. The summed E-state index contributed by atoms with van der Waals surface area (Å²) in [5.41, 5.74) is 0. The summed E-state index contributed by atoms with van der Waals surface area (Å²) in [6.45, 7) is 3.75. The number of aliphatic carboxylic acids is 1. The molecule has 0 aliphatic heterocycles. The molecule has 0 radical (unpaired) electrons. The highest BCUT2D eigenvalue weighted by molar-refractivity contribution is 7.12. The number of urea groups is 1. The molecule has 3 amide bonds. The predicted molar refractivity (Wildman–Crippen MR) is 70.9 cm³/mol. The molecule has 0 aliphatic rings. The first-order valence-corrected chi connectivity index (χ1v) is 6.29. The first-order valence-electron chi connectivity index (χ1n) is 5.47. The maximum Gasteiger partial charge on any atom is 0.328 e. The molecular formula is C12H14N2O4S. The first-order chi connectivity index (χ1) is 8.88. The number of nitrogens with one attached hydrogen (secondary N) is 2. The number of rotatable bonds is 4. The zero-order chi connectivity index (χ0) is 14.4. The molecule has 0 bridgehead atoms. The third kappa shape index (κ3) is 5.35. The summed E-state index contributed by atoms with van der Waals surface area (Å²) < 4.78 is 0. The normalized spacial score (nSPS) is 12.1. The quantitative estimate of drug-likeness (QED) is 0.731. The predicted octanol–water partition coefficient (Wildman–Crippen LogP) is 1.58. The lowest BCUT2D eigenvalue weighted by atomic mass is 10.3. The van der Waals surface area contributed by atoms with Crippen LogP contribution in [0.15, 0.2) is 24.3 Å². The van der Waals surface area contributed by atoms with Gasteiger partial charge in [-0.3, -0.25) is 10.1 Å². The van der Waals surface area contributed by atoms with Crippen LogP contribution in [-0.2, 0) is 9.59 Å². The number of amides is 3. The summed E-state index contributed by atoms with van der Waals surface area (Å²) in [5.74, 6) is -2.03. The van der Waals surface area contributed by atoms with E-state index in [0.29, 0.717) is 6.08 Å². The number of carbonyl (C=O) groups is 3. The second-order valence-electron chi connectivity index (χ2n) is 3.80. The number of hydrogen-bond donors (Lipinski definition) is 3. The molecule has 102 valence electrons. The van der Waals surface area contributed by atoms with Gasteiger partial charge in [-0.1, -0.05) is 0 Å². The van der Waals surface area contributed by atoms with Gasteiger partial charge in [-0.15, -0.1) is 11.3 Å². The monoisotopic (exact) mass is 282 g/mol. The molecule has 0 aliphatic carbocycles. The minimum absolute atomic E-state index is 0.227. The smallest absolute Gasteiger partial charge is 0.328 e. The molecular weight excluding hydrogens is 268 g/mol. The van der Waals surface area contributed by atoms with E-state index >= 15 is 0 Å². The molecule has 6 nitrogen and oxygen atoms in total. The van der Waals surface area contributed by atoms with Crippen molar-refractivity contribution in [2.24, 2.45) is 0 Å². The largest absolute Gasteiger partial charge is 0.478 e. The van der Waals surface area contributed by atoms with Gasteiger partial charge < -0.3 is 10.4 Å². The topological polar surface area (TPSA) is 95.5 Å². The second-order valence-corrected chi connectivity index (χ2v) is 5.12. The van der Waals surface area contributed by atoms with Crippen LogP contribution in [0.5, 0.6) is 0 Å². The van der Waals surface area contributed by atoms with E-state index in [1.54, 1.807) is 18.3 Å². The number of thiophene rings is 1.